The molecule has 0 spiro atoms. The summed E-state index contributed by atoms with van der Waals surface area (Å²) >= 11 is 5.66. The molecule has 1 rings (SSSR count). The molecular formula is C15H18ClF3N2O5S. The van der Waals surface area contributed by atoms with Gasteiger partial charge in [0.25, 0.3) is 5.91 Å². The van der Waals surface area contributed by atoms with Crippen LogP contribution in [0.4, 0.5) is 13.2 Å². The third-order valence-electron chi connectivity index (χ3n) is 3.18. The Labute approximate surface area is 159 Å². The number of benzene rings is 1. The van der Waals surface area contributed by atoms with Crippen LogP contribution in [-0.2, 0) is 30.5 Å². The van der Waals surface area contributed by atoms with E-state index in [0.717, 1.165) is 6.07 Å². The van der Waals surface area contributed by atoms with Crippen molar-refractivity contribution in [3.05, 3.63) is 28.8 Å². The molecule has 0 radical (unpaired) electrons. The molecule has 1 amide bonds. The number of carbonyl (C=O) groups is 2. The molecule has 1 atom stereocenters. The third kappa shape index (κ3) is 7.00. The Bertz CT molecular complexity index is 799. The molecule has 0 bridgehead atoms. The molecule has 152 valence electrons. The summed E-state index contributed by atoms with van der Waals surface area (Å²) in [5.41, 5.74) is -1.21. The summed E-state index contributed by atoms with van der Waals surface area (Å²) in [5, 5.41) is 2.04. The van der Waals surface area contributed by atoms with Crippen LogP contribution in [0, 0.1) is 0 Å². The van der Waals surface area contributed by atoms with E-state index in [9.17, 15) is 31.2 Å². The van der Waals surface area contributed by atoms with Crippen LogP contribution in [-0.4, -0.2) is 39.5 Å². The quantitative estimate of drug-likeness (QED) is 0.615. The van der Waals surface area contributed by atoms with E-state index in [1.807, 2.05) is 6.92 Å². The minimum atomic E-state index is -4.77. The Balaban J connectivity index is 2.79. The number of alkyl halides is 3. The molecule has 7 nitrogen and oxygen atoms in total. The second kappa shape index (κ2) is 9.38. The fourth-order valence-electron chi connectivity index (χ4n) is 1.80. The fourth-order valence-corrected chi connectivity index (χ4v) is 3.29. The smallest absolute Gasteiger partial charge is 0.416 e. The van der Waals surface area contributed by atoms with Crippen LogP contribution in [0.3, 0.4) is 0 Å². The zero-order valence-corrected chi connectivity index (χ0v) is 16.0. The molecule has 0 aliphatic rings. The highest BCUT2D eigenvalue weighted by atomic mass is 35.5. The predicted molar refractivity (Wildman–Crippen MR) is 90.5 cm³/mol. The van der Waals surface area contributed by atoms with Gasteiger partial charge in [-0.2, -0.15) is 17.9 Å². The van der Waals surface area contributed by atoms with Crippen molar-refractivity contribution in [1.29, 1.82) is 0 Å². The number of esters is 1. The first-order valence-corrected chi connectivity index (χ1v) is 9.58. The van der Waals surface area contributed by atoms with Crippen LogP contribution in [0.5, 0.6) is 0 Å². The van der Waals surface area contributed by atoms with Gasteiger partial charge in [0.1, 0.15) is 11.4 Å². The Morgan fingerprint density at radius 2 is 1.93 bits per heavy atom. The highest BCUT2D eigenvalue weighted by molar-refractivity contribution is 7.89. The van der Waals surface area contributed by atoms with E-state index in [1.165, 1.54) is 6.92 Å². The summed E-state index contributed by atoms with van der Waals surface area (Å²) in [4.78, 5) is 22.4. The van der Waals surface area contributed by atoms with E-state index in [4.69, 9.17) is 16.3 Å². The molecule has 0 saturated carbocycles. The largest absolute Gasteiger partial charge is 0.452 e. The van der Waals surface area contributed by atoms with E-state index in [0.29, 0.717) is 25.1 Å². The molecule has 12 heteroatoms. The van der Waals surface area contributed by atoms with Gasteiger partial charge in [0.05, 0.1) is 10.6 Å². The van der Waals surface area contributed by atoms with Gasteiger partial charge in [0.2, 0.25) is 10.0 Å². The van der Waals surface area contributed by atoms with Crippen LogP contribution in [0.2, 0.25) is 5.02 Å². The number of ether oxygens (including phenoxy) is 1. The number of hydrogen-bond donors (Lipinski definition) is 2. The summed E-state index contributed by atoms with van der Waals surface area (Å²) in [5.74, 6) is -1.64. The molecule has 1 aromatic carbocycles. The first kappa shape index (κ1) is 23.2. The van der Waals surface area contributed by atoms with Gasteiger partial charge in [0, 0.05) is 6.54 Å². The first-order valence-electron chi connectivity index (χ1n) is 7.72. The molecule has 27 heavy (non-hydrogen) atoms. The van der Waals surface area contributed by atoms with Crippen molar-refractivity contribution >= 4 is 33.5 Å². The Hall–Kier alpha value is -1.85. The minimum Gasteiger partial charge on any atom is -0.452 e. The van der Waals surface area contributed by atoms with Crippen LogP contribution >= 0.6 is 11.6 Å². The van der Waals surface area contributed by atoms with E-state index < -0.39 is 56.2 Å². The first-order chi connectivity index (χ1) is 12.4. The molecule has 1 aromatic rings. The Morgan fingerprint density at radius 1 is 1.30 bits per heavy atom. The van der Waals surface area contributed by atoms with E-state index in [-0.39, 0.29) is 0 Å². The van der Waals surface area contributed by atoms with Crippen molar-refractivity contribution < 1.29 is 35.9 Å². The second-order valence-electron chi connectivity index (χ2n) is 5.39. The third-order valence-corrected chi connectivity index (χ3v) is 5.06. The standard InChI is InChI=1S/C15H18ClF3N2O5S/c1-3-6-20-14(23)9(2)26-13(22)8-21-27(24,25)12-7-10(15(17,18)19)4-5-11(12)16/h4-5,7,9,21H,3,6,8H2,1-2H3,(H,20,23). The van der Waals surface area contributed by atoms with Crippen molar-refractivity contribution in [3.8, 4) is 0 Å². The number of rotatable bonds is 8. The van der Waals surface area contributed by atoms with E-state index >= 15 is 0 Å². The Morgan fingerprint density at radius 3 is 2.48 bits per heavy atom. The van der Waals surface area contributed by atoms with Crippen LogP contribution in [0.25, 0.3) is 0 Å². The lowest BCUT2D eigenvalue weighted by atomic mass is 10.2. The number of carbonyl (C=O) groups excluding carboxylic acids is 2. The highest BCUT2D eigenvalue weighted by Gasteiger charge is 2.33. The normalized spacial score (nSPS) is 13.1. The molecule has 0 heterocycles. The van der Waals surface area contributed by atoms with Crippen molar-refractivity contribution in [2.45, 2.75) is 37.4 Å². The van der Waals surface area contributed by atoms with Gasteiger partial charge in [-0.3, -0.25) is 9.59 Å². The van der Waals surface area contributed by atoms with Gasteiger partial charge in [-0.15, -0.1) is 0 Å². The van der Waals surface area contributed by atoms with Crippen LogP contribution in [0.15, 0.2) is 23.1 Å². The van der Waals surface area contributed by atoms with Gasteiger partial charge >= 0.3 is 12.1 Å². The van der Waals surface area contributed by atoms with Gasteiger partial charge in [-0.05, 0) is 31.5 Å². The fraction of sp³-hybridized carbons (Fsp3) is 0.467. The topological polar surface area (TPSA) is 102 Å². The highest BCUT2D eigenvalue weighted by Crippen LogP contribution is 2.33. The van der Waals surface area contributed by atoms with Crippen LogP contribution in [0.1, 0.15) is 25.8 Å². The number of hydrogen-bond acceptors (Lipinski definition) is 5. The minimum absolute atomic E-state index is 0.358. The van der Waals surface area contributed by atoms with Crippen molar-refractivity contribution in [2.24, 2.45) is 0 Å². The number of sulfonamides is 1. The molecule has 0 fully saturated rings. The maximum Gasteiger partial charge on any atom is 0.416 e. The van der Waals surface area contributed by atoms with Gasteiger partial charge in [-0.25, -0.2) is 8.42 Å². The lowest BCUT2D eigenvalue weighted by molar-refractivity contribution is -0.153. The van der Waals surface area contributed by atoms with Gasteiger partial charge < -0.3 is 10.1 Å². The summed E-state index contributed by atoms with van der Waals surface area (Å²) in [7, 11) is -4.52. The van der Waals surface area contributed by atoms with Gasteiger partial charge in [0.15, 0.2) is 6.10 Å². The SMILES string of the molecule is CCCNC(=O)C(C)OC(=O)CNS(=O)(=O)c1cc(C(F)(F)F)ccc1Cl. The lowest BCUT2D eigenvalue weighted by Gasteiger charge is -2.14. The van der Waals surface area contributed by atoms with Crippen molar-refractivity contribution in [2.75, 3.05) is 13.1 Å². The molecule has 0 aliphatic heterocycles. The summed E-state index contributed by atoms with van der Waals surface area (Å²) in [6.45, 7) is 2.60. The molecule has 0 aliphatic carbocycles. The molecule has 0 saturated heterocycles. The number of halogens is 4. The number of amides is 1. The van der Waals surface area contributed by atoms with Gasteiger partial charge in [-0.1, -0.05) is 18.5 Å². The van der Waals surface area contributed by atoms with Crippen molar-refractivity contribution in [3.63, 3.8) is 0 Å². The maximum absolute atomic E-state index is 12.7. The summed E-state index contributed by atoms with van der Waals surface area (Å²) < 4.78 is 69.1. The zero-order chi connectivity index (χ0) is 20.8. The zero-order valence-electron chi connectivity index (χ0n) is 14.4. The second-order valence-corrected chi connectivity index (χ2v) is 7.53. The molecule has 2 N–H and O–H groups in total. The van der Waals surface area contributed by atoms with E-state index in [1.54, 1.807) is 4.72 Å². The molecular weight excluding hydrogens is 413 g/mol. The Kier molecular flexibility index (Phi) is 8.05. The average molecular weight is 431 g/mol. The number of nitrogens with one attached hydrogen (secondary N) is 2. The average Bonchev–Trinajstić information content (AvgIpc) is 2.57. The molecule has 1 unspecified atom stereocenters. The summed E-state index contributed by atoms with van der Waals surface area (Å²) in [6.07, 6.45) is -5.26. The maximum atomic E-state index is 12.7. The van der Waals surface area contributed by atoms with E-state index in [2.05, 4.69) is 5.32 Å². The summed E-state index contributed by atoms with van der Waals surface area (Å²) in [6, 6.07) is 1.78. The lowest BCUT2D eigenvalue weighted by Crippen LogP contribution is -2.39. The van der Waals surface area contributed by atoms with Crippen LogP contribution < -0.4 is 10.0 Å². The predicted octanol–water partition coefficient (Wildman–Crippen LogP) is 2.09. The monoisotopic (exact) mass is 430 g/mol. The molecule has 0 aromatic heterocycles. The van der Waals surface area contributed by atoms with Crippen molar-refractivity contribution in [1.82, 2.24) is 10.0 Å².